The molecule has 0 heterocycles. The fourth-order valence-corrected chi connectivity index (χ4v) is 3.10. The molecule has 0 aromatic heterocycles. The van der Waals surface area contributed by atoms with Crippen LogP contribution in [-0.4, -0.2) is 23.9 Å². The molecule has 18 heavy (non-hydrogen) atoms. The molecule has 2 atom stereocenters. The molecule has 0 aliphatic heterocycles. The Labute approximate surface area is 116 Å². The second-order valence-electron chi connectivity index (χ2n) is 4.62. The summed E-state index contributed by atoms with van der Waals surface area (Å²) in [5.41, 5.74) is 0. The first-order chi connectivity index (χ1) is 8.79. The van der Waals surface area contributed by atoms with Gasteiger partial charge in [-0.25, -0.2) is 0 Å². The van der Waals surface area contributed by atoms with E-state index in [2.05, 4.69) is 21.2 Å². The minimum absolute atomic E-state index is 0.0308. The van der Waals surface area contributed by atoms with Crippen LogP contribution in [0.1, 0.15) is 19.3 Å². The van der Waals surface area contributed by atoms with Crippen molar-refractivity contribution < 1.29 is 9.53 Å². The van der Waals surface area contributed by atoms with Gasteiger partial charge in [-0.15, -0.1) is 0 Å². The van der Waals surface area contributed by atoms with E-state index in [1.165, 1.54) is 12.8 Å². The highest BCUT2D eigenvalue weighted by atomic mass is 79.9. The zero-order valence-corrected chi connectivity index (χ0v) is 11.9. The monoisotopic (exact) mass is 311 g/mol. The molecule has 0 spiro atoms. The largest absolute Gasteiger partial charge is 0.484 e. The highest BCUT2D eigenvalue weighted by Crippen LogP contribution is 2.26. The molecule has 1 aromatic carbocycles. The van der Waals surface area contributed by atoms with E-state index in [9.17, 15) is 4.79 Å². The van der Waals surface area contributed by atoms with E-state index in [0.29, 0.717) is 12.0 Å². The number of ether oxygens (including phenoxy) is 1. The van der Waals surface area contributed by atoms with Gasteiger partial charge in [0.15, 0.2) is 6.61 Å². The van der Waals surface area contributed by atoms with Crippen molar-refractivity contribution in [1.29, 1.82) is 0 Å². The summed E-state index contributed by atoms with van der Waals surface area (Å²) in [5, 5.41) is 4.01. The van der Waals surface area contributed by atoms with Gasteiger partial charge in [-0.1, -0.05) is 40.5 Å². The molecule has 0 saturated heterocycles. The Balaban J connectivity index is 1.75. The summed E-state index contributed by atoms with van der Waals surface area (Å²) < 4.78 is 5.42. The number of nitrogens with one attached hydrogen (secondary N) is 1. The summed E-state index contributed by atoms with van der Waals surface area (Å²) in [6.45, 7) is 0.0928. The first-order valence-electron chi connectivity index (χ1n) is 6.33. The molecular weight excluding hydrogens is 294 g/mol. The number of benzene rings is 1. The van der Waals surface area contributed by atoms with Gasteiger partial charge in [-0.2, -0.15) is 0 Å². The van der Waals surface area contributed by atoms with Gasteiger partial charge in [0, 0.05) is 11.4 Å². The third kappa shape index (κ3) is 3.73. The van der Waals surface area contributed by atoms with Crippen LogP contribution in [0.3, 0.4) is 0 Å². The lowest BCUT2D eigenvalue weighted by Gasteiger charge is -2.19. The van der Waals surface area contributed by atoms with Crippen molar-refractivity contribution in [2.45, 2.75) is 25.3 Å². The van der Waals surface area contributed by atoms with Crippen LogP contribution in [0.5, 0.6) is 5.75 Å². The van der Waals surface area contributed by atoms with Gasteiger partial charge < -0.3 is 10.1 Å². The number of carbonyl (C=O) groups is 1. The maximum Gasteiger partial charge on any atom is 0.258 e. The molecule has 1 aliphatic carbocycles. The van der Waals surface area contributed by atoms with Gasteiger partial charge >= 0.3 is 0 Å². The van der Waals surface area contributed by atoms with E-state index in [-0.39, 0.29) is 12.5 Å². The van der Waals surface area contributed by atoms with Gasteiger partial charge in [0.25, 0.3) is 5.91 Å². The average molecular weight is 312 g/mol. The number of alkyl halides is 1. The second-order valence-corrected chi connectivity index (χ2v) is 5.27. The predicted octanol–water partition coefficient (Wildman–Crippen LogP) is 2.75. The van der Waals surface area contributed by atoms with Gasteiger partial charge in [0.05, 0.1) is 0 Å². The van der Waals surface area contributed by atoms with Crippen molar-refractivity contribution in [3.8, 4) is 5.75 Å². The van der Waals surface area contributed by atoms with E-state index in [0.717, 1.165) is 17.5 Å². The molecule has 3 nitrogen and oxygen atoms in total. The Kier molecular flexibility index (Phi) is 5.05. The second kappa shape index (κ2) is 6.78. The summed E-state index contributed by atoms with van der Waals surface area (Å²) in [7, 11) is 0. The Morgan fingerprint density at radius 3 is 2.83 bits per heavy atom. The van der Waals surface area contributed by atoms with Crippen LogP contribution in [0.15, 0.2) is 30.3 Å². The maximum absolute atomic E-state index is 11.8. The van der Waals surface area contributed by atoms with Crippen LogP contribution in [-0.2, 0) is 4.79 Å². The minimum atomic E-state index is -0.0308. The summed E-state index contributed by atoms with van der Waals surface area (Å²) in [4.78, 5) is 11.8. The highest BCUT2D eigenvalue weighted by Gasteiger charge is 2.27. The van der Waals surface area contributed by atoms with E-state index < -0.39 is 0 Å². The lowest BCUT2D eigenvalue weighted by Crippen LogP contribution is -2.40. The molecule has 1 aromatic rings. The topological polar surface area (TPSA) is 38.3 Å². The van der Waals surface area contributed by atoms with Gasteiger partial charge in [-0.05, 0) is 30.9 Å². The van der Waals surface area contributed by atoms with E-state index in [4.69, 9.17) is 4.74 Å². The van der Waals surface area contributed by atoms with Crippen molar-refractivity contribution in [2.24, 2.45) is 5.92 Å². The maximum atomic E-state index is 11.8. The molecule has 98 valence electrons. The summed E-state index contributed by atoms with van der Waals surface area (Å²) in [6.07, 6.45) is 3.46. The van der Waals surface area contributed by atoms with Crippen molar-refractivity contribution in [1.82, 2.24) is 5.32 Å². The van der Waals surface area contributed by atoms with Gasteiger partial charge in [0.2, 0.25) is 0 Å². The first kappa shape index (κ1) is 13.4. The SMILES string of the molecule is O=C(COc1ccccc1)NC1CCCC1CBr. The fourth-order valence-electron chi connectivity index (χ4n) is 2.33. The van der Waals surface area contributed by atoms with Crippen LogP contribution in [0.4, 0.5) is 0 Å². The van der Waals surface area contributed by atoms with Crippen molar-refractivity contribution in [3.63, 3.8) is 0 Å². The number of carbonyl (C=O) groups excluding carboxylic acids is 1. The molecule has 1 amide bonds. The fraction of sp³-hybridized carbons (Fsp3) is 0.500. The molecule has 0 radical (unpaired) electrons. The quantitative estimate of drug-likeness (QED) is 0.849. The van der Waals surface area contributed by atoms with Crippen molar-refractivity contribution >= 4 is 21.8 Å². The van der Waals surface area contributed by atoms with E-state index >= 15 is 0 Å². The lowest BCUT2D eigenvalue weighted by molar-refractivity contribution is -0.124. The molecule has 1 N–H and O–H groups in total. The number of hydrogen-bond acceptors (Lipinski definition) is 2. The predicted molar refractivity (Wildman–Crippen MR) is 75.0 cm³/mol. The number of hydrogen-bond donors (Lipinski definition) is 1. The van der Waals surface area contributed by atoms with Crippen LogP contribution in [0.25, 0.3) is 0 Å². The highest BCUT2D eigenvalue weighted by molar-refractivity contribution is 9.09. The molecule has 4 heteroatoms. The molecule has 2 unspecified atom stereocenters. The zero-order chi connectivity index (χ0) is 12.8. The molecule has 1 saturated carbocycles. The summed E-state index contributed by atoms with van der Waals surface area (Å²) >= 11 is 3.50. The lowest BCUT2D eigenvalue weighted by atomic mass is 10.1. The Morgan fingerprint density at radius 1 is 1.33 bits per heavy atom. The van der Waals surface area contributed by atoms with E-state index in [1.54, 1.807) is 0 Å². The Bertz CT molecular complexity index is 383. The number of rotatable bonds is 5. The Hall–Kier alpha value is -1.03. The smallest absolute Gasteiger partial charge is 0.258 e. The third-order valence-electron chi connectivity index (χ3n) is 3.32. The molecule has 1 aliphatic rings. The van der Waals surface area contributed by atoms with Crippen LogP contribution in [0, 0.1) is 5.92 Å². The minimum Gasteiger partial charge on any atom is -0.484 e. The average Bonchev–Trinajstić information content (AvgIpc) is 2.85. The number of amides is 1. The van der Waals surface area contributed by atoms with Gasteiger partial charge in [0.1, 0.15) is 5.75 Å². The van der Waals surface area contributed by atoms with E-state index in [1.807, 2.05) is 30.3 Å². The van der Waals surface area contributed by atoms with Gasteiger partial charge in [-0.3, -0.25) is 4.79 Å². The molecule has 2 rings (SSSR count). The molecular formula is C14H18BrNO2. The van der Waals surface area contributed by atoms with Crippen molar-refractivity contribution in [3.05, 3.63) is 30.3 Å². The van der Waals surface area contributed by atoms with Crippen molar-refractivity contribution in [2.75, 3.05) is 11.9 Å². The molecule has 0 bridgehead atoms. The standard InChI is InChI=1S/C14H18BrNO2/c15-9-11-5-4-8-13(11)16-14(17)10-18-12-6-2-1-3-7-12/h1-3,6-7,11,13H,4-5,8-10H2,(H,16,17). The normalized spacial score (nSPS) is 22.7. The summed E-state index contributed by atoms with van der Waals surface area (Å²) in [6, 6.07) is 9.72. The van der Waals surface area contributed by atoms with Crippen LogP contribution < -0.4 is 10.1 Å². The van der Waals surface area contributed by atoms with Crippen LogP contribution in [0.2, 0.25) is 0 Å². The molecule has 1 fully saturated rings. The third-order valence-corrected chi connectivity index (χ3v) is 4.15. The summed E-state index contributed by atoms with van der Waals surface area (Å²) in [5.74, 6) is 1.26. The number of para-hydroxylation sites is 1. The zero-order valence-electron chi connectivity index (χ0n) is 10.3. The first-order valence-corrected chi connectivity index (χ1v) is 7.45. The van der Waals surface area contributed by atoms with Crippen LogP contribution >= 0.6 is 15.9 Å². The number of halogens is 1. The Morgan fingerprint density at radius 2 is 2.11 bits per heavy atom.